The molecular weight excluding hydrogens is 316 g/mol. The summed E-state index contributed by atoms with van der Waals surface area (Å²) in [6.45, 7) is 1.72. The van der Waals surface area contributed by atoms with E-state index in [4.69, 9.17) is 4.74 Å². The Balaban J connectivity index is 2.36. The molecule has 0 radical (unpaired) electrons. The summed E-state index contributed by atoms with van der Waals surface area (Å²) in [6, 6.07) is 0. The lowest BCUT2D eigenvalue weighted by atomic mass is 10.5. The minimum absolute atomic E-state index is 0.149. The van der Waals surface area contributed by atoms with Gasteiger partial charge in [0.2, 0.25) is 5.95 Å². The number of hydrogen-bond donors (Lipinski definition) is 0. The SMILES string of the molecule is CCOC(=O)Cn1c(-n2ccnc2)nc2c1c(=O)n(C)c(=O)n2C. The summed E-state index contributed by atoms with van der Waals surface area (Å²) in [5, 5.41) is 0. The minimum atomic E-state index is -0.531. The Morgan fingerprint density at radius 2 is 2.00 bits per heavy atom. The van der Waals surface area contributed by atoms with Crippen molar-refractivity contribution >= 4 is 17.1 Å². The van der Waals surface area contributed by atoms with Crippen LogP contribution >= 0.6 is 0 Å². The van der Waals surface area contributed by atoms with Crippen LogP contribution in [0, 0.1) is 0 Å². The zero-order chi connectivity index (χ0) is 17.4. The summed E-state index contributed by atoms with van der Waals surface area (Å²) < 4.78 is 10.2. The van der Waals surface area contributed by atoms with Gasteiger partial charge in [-0.05, 0) is 6.92 Å². The number of aromatic nitrogens is 6. The molecule has 10 nitrogen and oxygen atoms in total. The minimum Gasteiger partial charge on any atom is -0.465 e. The van der Waals surface area contributed by atoms with Gasteiger partial charge in [0.1, 0.15) is 12.9 Å². The number of nitrogens with zero attached hydrogens (tertiary/aromatic N) is 6. The van der Waals surface area contributed by atoms with E-state index in [-0.39, 0.29) is 24.3 Å². The van der Waals surface area contributed by atoms with Crippen molar-refractivity contribution in [1.29, 1.82) is 0 Å². The number of hydrogen-bond acceptors (Lipinski definition) is 6. The molecule has 0 aliphatic rings. The van der Waals surface area contributed by atoms with Crippen LogP contribution in [-0.2, 0) is 30.2 Å². The normalized spacial score (nSPS) is 11.1. The molecule has 0 fully saturated rings. The van der Waals surface area contributed by atoms with Crippen molar-refractivity contribution in [3.63, 3.8) is 0 Å². The van der Waals surface area contributed by atoms with Gasteiger partial charge >= 0.3 is 11.7 Å². The van der Waals surface area contributed by atoms with Gasteiger partial charge < -0.3 is 4.74 Å². The molecule has 0 spiro atoms. The fourth-order valence-corrected chi connectivity index (χ4v) is 2.50. The van der Waals surface area contributed by atoms with Gasteiger partial charge in [-0.3, -0.25) is 27.9 Å². The van der Waals surface area contributed by atoms with E-state index in [1.165, 1.54) is 29.6 Å². The van der Waals surface area contributed by atoms with Gasteiger partial charge in [0, 0.05) is 26.5 Å². The maximum Gasteiger partial charge on any atom is 0.332 e. The maximum absolute atomic E-state index is 12.6. The lowest BCUT2D eigenvalue weighted by Gasteiger charge is -2.09. The molecular formula is C14H16N6O4. The van der Waals surface area contributed by atoms with Crippen molar-refractivity contribution in [2.75, 3.05) is 6.61 Å². The maximum atomic E-state index is 12.6. The van der Waals surface area contributed by atoms with Crippen molar-refractivity contribution < 1.29 is 9.53 Å². The highest BCUT2D eigenvalue weighted by atomic mass is 16.5. The third-order valence-electron chi connectivity index (χ3n) is 3.66. The van der Waals surface area contributed by atoms with Gasteiger partial charge in [-0.1, -0.05) is 0 Å². The standard InChI is InChI=1S/C14H16N6O4/c1-4-24-9(21)7-20-10-11(16-13(20)19-6-5-15-8-19)17(2)14(23)18(3)12(10)22/h5-6,8H,4,7H2,1-3H3. The van der Waals surface area contributed by atoms with Crippen LogP contribution in [0.4, 0.5) is 0 Å². The molecule has 0 aliphatic heterocycles. The third kappa shape index (κ3) is 2.32. The zero-order valence-electron chi connectivity index (χ0n) is 13.5. The van der Waals surface area contributed by atoms with E-state index >= 15 is 0 Å². The predicted molar refractivity (Wildman–Crippen MR) is 84.0 cm³/mol. The summed E-state index contributed by atoms with van der Waals surface area (Å²) in [6.07, 6.45) is 4.67. The van der Waals surface area contributed by atoms with Gasteiger partial charge in [-0.15, -0.1) is 0 Å². The summed E-state index contributed by atoms with van der Waals surface area (Å²) in [5.41, 5.74) is -0.686. The molecule has 3 rings (SSSR count). The van der Waals surface area contributed by atoms with Crippen molar-refractivity contribution in [1.82, 2.24) is 28.2 Å². The summed E-state index contributed by atoms with van der Waals surface area (Å²) in [7, 11) is 2.90. The van der Waals surface area contributed by atoms with Crippen molar-refractivity contribution in [3.8, 4) is 5.95 Å². The van der Waals surface area contributed by atoms with E-state index < -0.39 is 17.2 Å². The Bertz CT molecular complexity index is 1020. The first-order valence-electron chi connectivity index (χ1n) is 7.26. The van der Waals surface area contributed by atoms with Crippen LogP contribution in [0.3, 0.4) is 0 Å². The summed E-state index contributed by atoms with van der Waals surface area (Å²) in [4.78, 5) is 44.9. The summed E-state index contributed by atoms with van der Waals surface area (Å²) in [5.74, 6) is -0.206. The quantitative estimate of drug-likeness (QED) is 0.578. The van der Waals surface area contributed by atoms with Gasteiger partial charge in [0.05, 0.1) is 6.61 Å². The monoisotopic (exact) mass is 332 g/mol. The van der Waals surface area contributed by atoms with E-state index in [0.717, 1.165) is 4.57 Å². The smallest absolute Gasteiger partial charge is 0.332 e. The van der Waals surface area contributed by atoms with Crippen LogP contribution in [0.15, 0.2) is 28.3 Å². The molecule has 0 saturated heterocycles. The van der Waals surface area contributed by atoms with Crippen LogP contribution in [0.25, 0.3) is 17.1 Å². The highest BCUT2D eigenvalue weighted by Gasteiger charge is 2.21. The van der Waals surface area contributed by atoms with Crippen LogP contribution in [0.2, 0.25) is 0 Å². The Morgan fingerprint density at radius 1 is 1.25 bits per heavy atom. The van der Waals surface area contributed by atoms with Crippen molar-refractivity contribution in [3.05, 3.63) is 39.6 Å². The Morgan fingerprint density at radius 3 is 2.62 bits per heavy atom. The molecule has 0 unspecified atom stereocenters. The average Bonchev–Trinajstić information content (AvgIpc) is 3.19. The Labute approximate surface area is 135 Å². The fourth-order valence-electron chi connectivity index (χ4n) is 2.50. The van der Waals surface area contributed by atoms with Gasteiger partial charge in [-0.25, -0.2) is 9.78 Å². The van der Waals surface area contributed by atoms with Crippen LogP contribution in [0.1, 0.15) is 6.92 Å². The molecule has 3 aromatic heterocycles. The summed E-state index contributed by atoms with van der Waals surface area (Å²) >= 11 is 0. The highest BCUT2D eigenvalue weighted by Crippen LogP contribution is 2.15. The van der Waals surface area contributed by atoms with E-state index in [1.54, 1.807) is 23.9 Å². The molecule has 0 amide bonds. The molecule has 126 valence electrons. The van der Waals surface area contributed by atoms with Gasteiger partial charge in [0.15, 0.2) is 11.2 Å². The van der Waals surface area contributed by atoms with Crippen LogP contribution in [-0.4, -0.2) is 40.8 Å². The first-order chi connectivity index (χ1) is 11.5. The second kappa shape index (κ2) is 5.80. The number of carbonyl (C=O) groups is 1. The molecule has 0 bridgehead atoms. The molecule has 3 heterocycles. The second-order valence-electron chi connectivity index (χ2n) is 5.15. The zero-order valence-corrected chi connectivity index (χ0v) is 13.5. The number of imidazole rings is 2. The topological polar surface area (TPSA) is 106 Å². The molecule has 0 atom stereocenters. The van der Waals surface area contributed by atoms with Gasteiger partial charge in [0.25, 0.3) is 5.56 Å². The predicted octanol–water partition coefficient (Wildman–Crippen LogP) is -0.817. The third-order valence-corrected chi connectivity index (χ3v) is 3.66. The molecule has 3 aromatic rings. The lowest BCUT2D eigenvalue weighted by molar-refractivity contribution is -0.143. The number of carbonyl (C=O) groups excluding carboxylic acids is 1. The van der Waals surface area contributed by atoms with E-state index in [0.29, 0.717) is 5.95 Å². The number of fused-ring (bicyclic) bond motifs is 1. The van der Waals surface area contributed by atoms with E-state index in [1.807, 2.05) is 0 Å². The van der Waals surface area contributed by atoms with Gasteiger partial charge in [-0.2, -0.15) is 4.98 Å². The first kappa shape index (κ1) is 15.7. The second-order valence-corrected chi connectivity index (χ2v) is 5.15. The Kier molecular flexibility index (Phi) is 3.80. The molecule has 24 heavy (non-hydrogen) atoms. The largest absolute Gasteiger partial charge is 0.465 e. The van der Waals surface area contributed by atoms with E-state index in [2.05, 4.69) is 9.97 Å². The molecule has 0 aromatic carbocycles. The molecule has 0 saturated carbocycles. The van der Waals surface area contributed by atoms with E-state index in [9.17, 15) is 14.4 Å². The number of esters is 1. The Hall–Kier alpha value is -3.17. The highest BCUT2D eigenvalue weighted by molar-refractivity contribution is 5.77. The van der Waals surface area contributed by atoms with Crippen LogP contribution in [0.5, 0.6) is 0 Å². The lowest BCUT2D eigenvalue weighted by Crippen LogP contribution is -2.37. The number of rotatable bonds is 4. The molecule has 10 heteroatoms. The average molecular weight is 332 g/mol. The fraction of sp³-hybridized carbons (Fsp3) is 0.357. The van der Waals surface area contributed by atoms with Crippen LogP contribution < -0.4 is 11.2 Å². The molecule has 0 aliphatic carbocycles. The van der Waals surface area contributed by atoms with Crippen molar-refractivity contribution in [2.45, 2.75) is 13.5 Å². The van der Waals surface area contributed by atoms with Crippen molar-refractivity contribution in [2.24, 2.45) is 14.1 Å². The first-order valence-corrected chi connectivity index (χ1v) is 7.26. The number of ether oxygens (including phenoxy) is 1. The molecule has 0 N–H and O–H groups in total. The number of aryl methyl sites for hydroxylation is 1.